The van der Waals surface area contributed by atoms with Crippen molar-refractivity contribution in [3.63, 3.8) is 0 Å². The Kier molecular flexibility index (Phi) is 4.53. The molecule has 0 bridgehead atoms. The average molecular weight is 342 g/mol. The number of hydrogen-bond donors (Lipinski definition) is 1. The van der Waals surface area contributed by atoms with E-state index in [9.17, 15) is 0 Å². The minimum atomic E-state index is 0.320. The Morgan fingerprint density at radius 2 is 2.16 bits per heavy atom. The van der Waals surface area contributed by atoms with E-state index in [4.69, 9.17) is 9.47 Å². The highest BCUT2D eigenvalue weighted by atomic mass is 16.7. The molecule has 0 aliphatic carbocycles. The molecule has 2 aliphatic rings. The number of ether oxygens (including phenoxy) is 2. The van der Waals surface area contributed by atoms with Crippen LogP contribution < -0.4 is 14.8 Å². The van der Waals surface area contributed by atoms with Gasteiger partial charge in [0.05, 0.1) is 6.20 Å². The molecule has 134 valence electrons. The number of aromatic nitrogens is 2. The maximum absolute atomic E-state index is 5.47. The van der Waals surface area contributed by atoms with Gasteiger partial charge < -0.3 is 14.8 Å². The van der Waals surface area contributed by atoms with Gasteiger partial charge in [-0.15, -0.1) is 0 Å². The second kappa shape index (κ2) is 6.96. The van der Waals surface area contributed by atoms with Crippen LogP contribution in [0.2, 0.25) is 0 Å². The first-order chi connectivity index (χ1) is 12.2. The molecule has 2 aliphatic heterocycles. The van der Waals surface area contributed by atoms with Crippen LogP contribution in [0.5, 0.6) is 11.5 Å². The molecule has 1 fully saturated rings. The van der Waals surface area contributed by atoms with Crippen LogP contribution in [0.25, 0.3) is 0 Å². The zero-order valence-electron chi connectivity index (χ0n) is 15.0. The van der Waals surface area contributed by atoms with Gasteiger partial charge in [0, 0.05) is 48.7 Å². The maximum atomic E-state index is 5.47. The summed E-state index contributed by atoms with van der Waals surface area (Å²) in [4.78, 5) is 2.53. The predicted octanol–water partition coefficient (Wildman–Crippen LogP) is 3.02. The summed E-state index contributed by atoms with van der Waals surface area (Å²) in [6.07, 6.45) is 4.43. The van der Waals surface area contributed by atoms with Crippen LogP contribution in [0, 0.1) is 6.92 Å². The molecule has 6 nitrogen and oxygen atoms in total. The number of hydrogen-bond acceptors (Lipinski definition) is 5. The summed E-state index contributed by atoms with van der Waals surface area (Å²) in [5.74, 6) is 1.67. The third-order valence-electron chi connectivity index (χ3n) is 5.15. The molecular formula is C19H26N4O2. The lowest BCUT2D eigenvalue weighted by Gasteiger charge is -2.33. The van der Waals surface area contributed by atoms with E-state index in [1.165, 1.54) is 24.1 Å². The van der Waals surface area contributed by atoms with Crippen molar-refractivity contribution in [3.8, 4) is 11.5 Å². The van der Waals surface area contributed by atoms with Crippen LogP contribution in [-0.4, -0.2) is 40.6 Å². The number of nitrogens with one attached hydrogen (secondary N) is 1. The number of aryl methyl sites for hydroxylation is 1. The normalized spacial score (nSPS) is 20.0. The third-order valence-corrected chi connectivity index (χ3v) is 5.15. The lowest BCUT2D eigenvalue weighted by Crippen LogP contribution is -2.41. The largest absolute Gasteiger partial charge is 0.454 e. The van der Waals surface area contributed by atoms with Gasteiger partial charge in [-0.05, 0) is 45.4 Å². The molecule has 0 spiro atoms. The van der Waals surface area contributed by atoms with Crippen LogP contribution >= 0.6 is 0 Å². The van der Waals surface area contributed by atoms with Crippen LogP contribution in [0.3, 0.4) is 0 Å². The van der Waals surface area contributed by atoms with Crippen molar-refractivity contribution in [1.82, 2.24) is 14.7 Å². The number of rotatable bonds is 5. The molecule has 2 aromatic rings. The summed E-state index contributed by atoms with van der Waals surface area (Å²) in [7, 11) is 0. The Hall–Kier alpha value is -2.21. The van der Waals surface area contributed by atoms with Crippen LogP contribution in [-0.2, 0) is 13.1 Å². The topological polar surface area (TPSA) is 51.6 Å². The Labute approximate surface area is 148 Å². The van der Waals surface area contributed by atoms with Crippen molar-refractivity contribution in [3.05, 3.63) is 35.7 Å². The Morgan fingerprint density at radius 3 is 3.00 bits per heavy atom. The standard InChI is InChI=1S/C19H26N4O2/c1-3-23-14(2)15(10-20-23)11-22-8-4-5-17(12-22)21-16-6-7-18-19(9-16)25-13-24-18/h6-7,9-10,17,21H,3-5,8,11-13H2,1-2H3. The Morgan fingerprint density at radius 1 is 1.28 bits per heavy atom. The van der Waals surface area contributed by atoms with Crippen LogP contribution in [0.4, 0.5) is 5.69 Å². The van der Waals surface area contributed by atoms with E-state index in [1.807, 2.05) is 18.3 Å². The monoisotopic (exact) mass is 342 g/mol. The second-order valence-electron chi connectivity index (χ2n) is 6.86. The van der Waals surface area contributed by atoms with E-state index < -0.39 is 0 Å². The molecule has 1 saturated heterocycles. The number of piperidine rings is 1. The molecule has 25 heavy (non-hydrogen) atoms. The Balaban J connectivity index is 1.38. The fourth-order valence-corrected chi connectivity index (χ4v) is 3.74. The van der Waals surface area contributed by atoms with Gasteiger partial charge >= 0.3 is 0 Å². The summed E-state index contributed by atoms with van der Waals surface area (Å²) < 4.78 is 12.9. The first-order valence-electron chi connectivity index (χ1n) is 9.12. The second-order valence-corrected chi connectivity index (χ2v) is 6.86. The van der Waals surface area contributed by atoms with Crippen LogP contribution in [0.1, 0.15) is 31.0 Å². The van der Waals surface area contributed by atoms with Gasteiger partial charge in [0.2, 0.25) is 6.79 Å². The van der Waals surface area contributed by atoms with Gasteiger partial charge in [-0.1, -0.05) is 0 Å². The predicted molar refractivity (Wildman–Crippen MR) is 97.1 cm³/mol. The number of benzene rings is 1. The molecule has 4 rings (SSSR count). The van der Waals surface area contributed by atoms with Gasteiger partial charge in [0.15, 0.2) is 11.5 Å². The summed E-state index contributed by atoms with van der Waals surface area (Å²) >= 11 is 0. The van der Waals surface area contributed by atoms with Crippen molar-refractivity contribution in [2.45, 2.75) is 45.8 Å². The van der Waals surface area contributed by atoms with Crippen molar-refractivity contribution in [2.75, 3.05) is 25.2 Å². The molecule has 1 aromatic heterocycles. The Bertz CT molecular complexity index is 743. The summed E-state index contributed by atoms with van der Waals surface area (Å²) in [6, 6.07) is 6.54. The summed E-state index contributed by atoms with van der Waals surface area (Å²) in [5, 5.41) is 8.13. The fourth-order valence-electron chi connectivity index (χ4n) is 3.74. The smallest absolute Gasteiger partial charge is 0.231 e. The summed E-state index contributed by atoms with van der Waals surface area (Å²) in [5.41, 5.74) is 3.73. The molecule has 1 aromatic carbocycles. The molecule has 1 unspecified atom stereocenters. The van der Waals surface area contributed by atoms with E-state index in [0.29, 0.717) is 12.8 Å². The van der Waals surface area contributed by atoms with E-state index in [0.717, 1.165) is 43.4 Å². The zero-order valence-corrected chi connectivity index (χ0v) is 15.0. The molecular weight excluding hydrogens is 316 g/mol. The minimum Gasteiger partial charge on any atom is -0.454 e. The minimum absolute atomic E-state index is 0.320. The third kappa shape index (κ3) is 3.44. The van der Waals surface area contributed by atoms with Gasteiger partial charge in [0.25, 0.3) is 0 Å². The molecule has 6 heteroatoms. The zero-order chi connectivity index (χ0) is 17.2. The van der Waals surface area contributed by atoms with Gasteiger partial charge in [0.1, 0.15) is 0 Å². The lowest BCUT2D eigenvalue weighted by atomic mass is 10.0. The highest BCUT2D eigenvalue weighted by Gasteiger charge is 2.22. The molecule has 0 saturated carbocycles. The van der Waals surface area contributed by atoms with E-state index in [1.54, 1.807) is 0 Å². The molecule has 1 N–H and O–H groups in total. The quantitative estimate of drug-likeness (QED) is 0.905. The molecule has 1 atom stereocenters. The van der Waals surface area contributed by atoms with Gasteiger partial charge in [-0.25, -0.2) is 0 Å². The first kappa shape index (κ1) is 16.3. The molecule has 0 amide bonds. The SMILES string of the molecule is CCn1ncc(CN2CCCC(Nc3ccc4c(c3)OCO4)C2)c1C. The first-order valence-corrected chi connectivity index (χ1v) is 9.12. The molecule has 3 heterocycles. The van der Waals surface area contributed by atoms with Crippen LogP contribution in [0.15, 0.2) is 24.4 Å². The average Bonchev–Trinajstić information content (AvgIpc) is 3.22. The van der Waals surface area contributed by atoms with Gasteiger partial charge in [-0.3, -0.25) is 9.58 Å². The van der Waals surface area contributed by atoms with E-state index in [2.05, 4.69) is 39.9 Å². The number of likely N-dealkylation sites (tertiary alicyclic amines) is 1. The van der Waals surface area contributed by atoms with E-state index >= 15 is 0 Å². The van der Waals surface area contributed by atoms with Crippen molar-refractivity contribution in [2.24, 2.45) is 0 Å². The summed E-state index contributed by atoms with van der Waals surface area (Å²) in [6.45, 7) is 8.72. The molecule has 0 radical (unpaired) electrons. The highest BCUT2D eigenvalue weighted by Crippen LogP contribution is 2.34. The lowest BCUT2D eigenvalue weighted by molar-refractivity contribution is 0.174. The van der Waals surface area contributed by atoms with Crippen molar-refractivity contribution in [1.29, 1.82) is 0 Å². The highest BCUT2D eigenvalue weighted by molar-refractivity contribution is 5.56. The maximum Gasteiger partial charge on any atom is 0.231 e. The van der Waals surface area contributed by atoms with Crippen molar-refractivity contribution < 1.29 is 9.47 Å². The van der Waals surface area contributed by atoms with Gasteiger partial charge in [-0.2, -0.15) is 5.10 Å². The van der Waals surface area contributed by atoms with Crippen molar-refractivity contribution >= 4 is 5.69 Å². The fraction of sp³-hybridized carbons (Fsp3) is 0.526. The van der Waals surface area contributed by atoms with E-state index in [-0.39, 0.29) is 0 Å². The number of fused-ring (bicyclic) bond motifs is 1. The number of anilines is 1. The number of nitrogens with zero attached hydrogens (tertiary/aromatic N) is 3.